The van der Waals surface area contributed by atoms with E-state index in [2.05, 4.69) is 26.1 Å². The molecule has 0 fully saturated rings. The molecule has 0 aliphatic heterocycles. The first-order valence-corrected chi connectivity index (χ1v) is 6.04. The summed E-state index contributed by atoms with van der Waals surface area (Å²) in [5.74, 6) is 0.351. The Morgan fingerprint density at radius 2 is 2.00 bits per heavy atom. The third-order valence-corrected chi connectivity index (χ3v) is 3.01. The van der Waals surface area contributed by atoms with Crippen molar-refractivity contribution in [3.63, 3.8) is 0 Å². The van der Waals surface area contributed by atoms with Crippen LogP contribution in [0.3, 0.4) is 0 Å². The van der Waals surface area contributed by atoms with Crippen LogP contribution in [-0.2, 0) is 0 Å². The van der Waals surface area contributed by atoms with Gasteiger partial charge in [0.1, 0.15) is 5.82 Å². The van der Waals surface area contributed by atoms with Gasteiger partial charge in [-0.15, -0.1) is 0 Å². The van der Waals surface area contributed by atoms with Crippen molar-refractivity contribution in [3.8, 4) is 0 Å². The second kappa shape index (κ2) is 6.00. The molecular weight excluding hydrogens is 201 g/mol. The lowest BCUT2D eigenvalue weighted by Gasteiger charge is -2.18. The molecule has 16 heavy (non-hydrogen) atoms. The first kappa shape index (κ1) is 13.2. The summed E-state index contributed by atoms with van der Waals surface area (Å²) in [6.45, 7) is 9.32. The van der Waals surface area contributed by atoms with E-state index < -0.39 is 0 Å². The number of benzene rings is 1. The van der Waals surface area contributed by atoms with Crippen molar-refractivity contribution < 1.29 is 4.39 Å². The smallest absolute Gasteiger partial charge is 0.126 e. The van der Waals surface area contributed by atoms with Gasteiger partial charge in [0, 0.05) is 6.04 Å². The molecule has 90 valence electrons. The standard InChI is InChI=1S/C14H22FN/c1-5-16-12(4)8-10(2)13-6-7-14(15)11(3)9-13/h6-7,9-10,12,16H,5,8H2,1-4H3. The van der Waals surface area contributed by atoms with Crippen molar-refractivity contribution in [1.82, 2.24) is 5.32 Å². The van der Waals surface area contributed by atoms with Crippen LogP contribution in [0, 0.1) is 12.7 Å². The SMILES string of the molecule is CCNC(C)CC(C)c1ccc(F)c(C)c1. The molecule has 2 unspecified atom stereocenters. The highest BCUT2D eigenvalue weighted by molar-refractivity contribution is 5.26. The van der Waals surface area contributed by atoms with E-state index in [1.807, 2.05) is 19.1 Å². The molecule has 2 atom stereocenters. The van der Waals surface area contributed by atoms with Crippen LogP contribution in [0.4, 0.5) is 4.39 Å². The minimum Gasteiger partial charge on any atom is -0.315 e. The Kier molecular flexibility index (Phi) is 4.94. The van der Waals surface area contributed by atoms with Gasteiger partial charge >= 0.3 is 0 Å². The number of hydrogen-bond acceptors (Lipinski definition) is 1. The summed E-state index contributed by atoms with van der Waals surface area (Å²) in [5.41, 5.74) is 1.96. The van der Waals surface area contributed by atoms with Crippen molar-refractivity contribution in [2.24, 2.45) is 0 Å². The molecule has 0 aromatic heterocycles. The zero-order valence-electron chi connectivity index (χ0n) is 10.7. The minimum atomic E-state index is -0.115. The van der Waals surface area contributed by atoms with Crippen molar-refractivity contribution in [2.45, 2.75) is 46.1 Å². The molecule has 1 N–H and O–H groups in total. The van der Waals surface area contributed by atoms with Gasteiger partial charge in [-0.3, -0.25) is 0 Å². The third kappa shape index (κ3) is 3.60. The molecule has 0 bridgehead atoms. The molecule has 0 saturated heterocycles. The second-order valence-electron chi connectivity index (χ2n) is 4.60. The zero-order valence-corrected chi connectivity index (χ0v) is 10.7. The Hall–Kier alpha value is -0.890. The summed E-state index contributed by atoms with van der Waals surface area (Å²) < 4.78 is 13.1. The zero-order chi connectivity index (χ0) is 12.1. The molecule has 1 aromatic rings. The van der Waals surface area contributed by atoms with Crippen LogP contribution in [0.15, 0.2) is 18.2 Å². The number of nitrogens with one attached hydrogen (secondary N) is 1. The van der Waals surface area contributed by atoms with Crippen molar-refractivity contribution in [1.29, 1.82) is 0 Å². The molecule has 0 radical (unpaired) electrons. The normalized spacial score (nSPS) is 14.8. The quantitative estimate of drug-likeness (QED) is 0.804. The van der Waals surface area contributed by atoms with E-state index in [0.29, 0.717) is 12.0 Å². The van der Waals surface area contributed by atoms with E-state index in [-0.39, 0.29) is 5.82 Å². The fraction of sp³-hybridized carbons (Fsp3) is 0.571. The monoisotopic (exact) mass is 223 g/mol. The predicted molar refractivity (Wildman–Crippen MR) is 67.3 cm³/mol. The van der Waals surface area contributed by atoms with Gasteiger partial charge < -0.3 is 5.32 Å². The van der Waals surface area contributed by atoms with Crippen LogP contribution in [0.2, 0.25) is 0 Å². The molecular formula is C14H22FN. The summed E-state index contributed by atoms with van der Waals surface area (Å²) in [7, 11) is 0. The fourth-order valence-electron chi connectivity index (χ4n) is 2.07. The Labute approximate surface area is 98.1 Å². The number of halogens is 1. The number of aryl methyl sites for hydroxylation is 1. The second-order valence-corrected chi connectivity index (χ2v) is 4.60. The highest BCUT2D eigenvalue weighted by Gasteiger charge is 2.11. The maximum atomic E-state index is 13.1. The van der Waals surface area contributed by atoms with Gasteiger partial charge in [0.25, 0.3) is 0 Å². The number of hydrogen-bond donors (Lipinski definition) is 1. The van der Waals surface area contributed by atoms with Gasteiger partial charge in [-0.05, 0) is 49.9 Å². The van der Waals surface area contributed by atoms with Gasteiger partial charge in [0.15, 0.2) is 0 Å². The molecule has 1 nitrogen and oxygen atoms in total. The van der Waals surface area contributed by atoms with Gasteiger partial charge in [-0.1, -0.05) is 26.0 Å². The molecule has 1 aromatic carbocycles. The first-order valence-electron chi connectivity index (χ1n) is 6.04. The topological polar surface area (TPSA) is 12.0 Å². The van der Waals surface area contributed by atoms with Crippen LogP contribution in [0.25, 0.3) is 0 Å². The maximum Gasteiger partial charge on any atom is 0.126 e. The Balaban J connectivity index is 2.65. The van der Waals surface area contributed by atoms with Crippen LogP contribution >= 0.6 is 0 Å². The third-order valence-electron chi connectivity index (χ3n) is 3.01. The van der Waals surface area contributed by atoms with Crippen molar-refractivity contribution >= 4 is 0 Å². The molecule has 0 aliphatic carbocycles. The highest BCUT2D eigenvalue weighted by Crippen LogP contribution is 2.22. The van der Waals surface area contributed by atoms with Crippen LogP contribution in [0.5, 0.6) is 0 Å². The predicted octanol–water partition coefficient (Wildman–Crippen LogP) is 3.63. The van der Waals surface area contributed by atoms with E-state index in [0.717, 1.165) is 18.5 Å². The van der Waals surface area contributed by atoms with E-state index >= 15 is 0 Å². The molecule has 1 rings (SSSR count). The largest absolute Gasteiger partial charge is 0.315 e. The van der Waals surface area contributed by atoms with Crippen LogP contribution < -0.4 is 5.32 Å². The Morgan fingerprint density at radius 3 is 2.56 bits per heavy atom. The summed E-state index contributed by atoms with van der Waals surface area (Å²) in [5, 5.41) is 3.40. The van der Waals surface area contributed by atoms with Gasteiger partial charge in [-0.2, -0.15) is 0 Å². The molecule has 0 spiro atoms. The Bertz CT molecular complexity index is 336. The van der Waals surface area contributed by atoms with E-state index in [9.17, 15) is 4.39 Å². The van der Waals surface area contributed by atoms with Gasteiger partial charge in [-0.25, -0.2) is 4.39 Å². The summed E-state index contributed by atoms with van der Waals surface area (Å²) in [4.78, 5) is 0. The molecule has 0 saturated carbocycles. The van der Waals surface area contributed by atoms with Crippen LogP contribution in [0.1, 0.15) is 44.2 Å². The molecule has 2 heteroatoms. The summed E-state index contributed by atoms with van der Waals surface area (Å²) in [6, 6.07) is 5.93. The fourth-order valence-corrected chi connectivity index (χ4v) is 2.07. The maximum absolute atomic E-state index is 13.1. The molecule has 0 amide bonds. The van der Waals surface area contributed by atoms with Gasteiger partial charge in [0.05, 0.1) is 0 Å². The van der Waals surface area contributed by atoms with E-state index in [1.165, 1.54) is 5.56 Å². The van der Waals surface area contributed by atoms with E-state index in [1.54, 1.807) is 6.07 Å². The lowest BCUT2D eigenvalue weighted by atomic mass is 9.93. The summed E-state index contributed by atoms with van der Waals surface area (Å²) in [6.07, 6.45) is 1.08. The van der Waals surface area contributed by atoms with Crippen molar-refractivity contribution in [2.75, 3.05) is 6.54 Å². The van der Waals surface area contributed by atoms with E-state index in [4.69, 9.17) is 0 Å². The molecule has 0 aliphatic rings. The van der Waals surface area contributed by atoms with Gasteiger partial charge in [0.2, 0.25) is 0 Å². The van der Waals surface area contributed by atoms with Crippen molar-refractivity contribution in [3.05, 3.63) is 35.1 Å². The lowest BCUT2D eigenvalue weighted by Crippen LogP contribution is -2.26. The summed E-state index contributed by atoms with van der Waals surface area (Å²) >= 11 is 0. The highest BCUT2D eigenvalue weighted by atomic mass is 19.1. The van der Waals surface area contributed by atoms with Crippen LogP contribution in [-0.4, -0.2) is 12.6 Å². The first-order chi connectivity index (χ1) is 7.54. The average Bonchev–Trinajstić information content (AvgIpc) is 2.22. The lowest BCUT2D eigenvalue weighted by molar-refractivity contribution is 0.490. The Morgan fingerprint density at radius 1 is 1.31 bits per heavy atom. The average molecular weight is 223 g/mol. The number of rotatable bonds is 5. The molecule has 0 heterocycles. The minimum absolute atomic E-state index is 0.115.